The molecular weight excluding hydrogens is 442 g/mol. The van der Waals surface area contributed by atoms with E-state index in [1.165, 1.54) is 11.0 Å². The number of carbonyl (C=O) groups is 2. The number of carbonyl (C=O) groups excluding carboxylic acids is 2. The fourth-order valence-electron chi connectivity index (χ4n) is 3.50. The zero-order chi connectivity index (χ0) is 24.0. The van der Waals surface area contributed by atoms with E-state index in [9.17, 15) is 18.0 Å². The van der Waals surface area contributed by atoms with Crippen molar-refractivity contribution in [2.45, 2.75) is 38.8 Å². The van der Waals surface area contributed by atoms with Crippen molar-refractivity contribution in [2.75, 3.05) is 22.4 Å². The van der Waals surface area contributed by atoms with E-state index in [0.29, 0.717) is 17.1 Å². The van der Waals surface area contributed by atoms with E-state index in [1.807, 2.05) is 19.9 Å². The van der Waals surface area contributed by atoms with Gasteiger partial charge in [-0.15, -0.1) is 0 Å². The molecule has 176 valence electrons. The monoisotopic (exact) mass is 471 g/mol. The van der Waals surface area contributed by atoms with Gasteiger partial charge in [0.1, 0.15) is 5.75 Å². The maximum atomic E-state index is 13.1. The van der Waals surface area contributed by atoms with Gasteiger partial charge in [-0.2, -0.15) is 0 Å². The lowest BCUT2D eigenvalue weighted by atomic mass is 10.1. The summed E-state index contributed by atoms with van der Waals surface area (Å²) in [5, 5.41) is 2.99. The SMILES string of the molecule is CCC(CC)NC(=O)C1CN(C(=O)/C=C/c2ccc(NS(C)(=O)=O)cc2)c2ccccc2O1. The zero-order valence-electron chi connectivity index (χ0n) is 18.9. The lowest BCUT2D eigenvalue weighted by Crippen LogP contribution is -2.52. The quantitative estimate of drug-likeness (QED) is 0.576. The van der Waals surface area contributed by atoms with Crippen molar-refractivity contribution in [1.82, 2.24) is 5.32 Å². The Morgan fingerprint density at radius 2 is 1.79 bits per heavy atom. The van der Waals surface area contributed by atoms with Gasteiger partial charge in [0.05, 0.1) is 18.5 Å². The molecule has 0 aromatic heterocycles. The Bertz CT molecular complexity index is 1130. The molecule has 3 rings (SSSR count). The first kappa shape index (κ1) is 24.3. The van der Waals surface area contributed by atoms with Crippen molar-refractivity contribution in [1.29, 1.82) is 0 Å². The Morgan fingerprint density at radius 1 is 1.12 bits per heavy atom. The summed E-state index contributed by atoms with van der Waals surface area (Å²) in [5.74, 6) is -0.0511. The molecule has 0 bridgehead atoms. The minimum Gasteiger partial charge on any atom is -0.477 e. The molecule has 0 saturated heterocycles. The van der Waals surface area contributed by atoms with Gasteiger partial charge in [0.25, 0.3) is 11.8 Å². The topological polar surface area (TPSA) is 105 Å². The summed E-state index contributed by atoms with van der Waals surface area (Å²) < 4.78 is 30.9. The van der Waals surface area contributed by atoms with Crippen LogP contribution in [0.4, 0.5) is 11.4 Å². The van der Waals surface area contributed by atoms with Gasteiger partial charge in [-0.3, -0.25) is 14.3 Å². The van der Waals surface area contributed by atoms with Gasteiger partial charge in [-0.1, -0.05) is 38.1 Å². The number of benzene rings is 2. The Kier molecular flexibility index (Phi) is 7.75. The third-order valence-corrected chi connectivity index (χ3v) is 5.90. The molecule has 1 atom stereocenters. The molecule has 1 aliphatic heterocycles. The summed E-state index contributed by atoms with van der Waals surface area (Å²) in [6.45, 7) is 4.12. The Hall–Kier alpha value is -3.33. The summed E-state index contributed by atoms with van der Waals surface area (Å²) in [7, 11) is -3.36. The molecule has 1 unspecified atom stereocenters. The fourth-order valence-corrected chi connectivity index (χ4v) is 4.06. The maximum Gasteiger partial charge on any atom is 0.263 e. The van der Waals surface area contributed by atoms with Crippen LogP contribution in [0.25, 0.3) is 6.08 Å². The highest BCUT2D eigenvalue weighted by Gasteiger charge is 2.33. The summed E-state index contributed by atoms with van der Waals surface area (Å²) in [6, 6.07) is 13.8. The molecular formula is C24H29N3O5S. The van der Waals surface area contributed by atoms with E-state index in [4.69, 9.17) is 4.74 Å². The van der Waals surface area contributed by atoms with E-state index in [-0.39, 0.29) is 24.4 Å². The average molecular weight is 472 g/mol. The number of anilines is 2. The van der Waals surface area contributed by atoms with Crippen LogP contribution in [-0.4, -0.2) is 45.2 Å². The van der Waals surface area contributed by atoms with Crippen molar-refractivity contribution in [3.63, 3.8) is 0 Å². The molecule has 9 heteroatoms. The van der Waals surface area contributed by atoms with Crippen LogP contribution < -0.4 is 19.7 Å². The largest absolute Gasteiger partial charge is 0.477 e. The summed E-state index contributed by atoms with van der Waals surface area (Å²) in [4.78, 5) is 27.4. The van der Waals surface area contributed by atoms with Crippen LogP contribution in [0.15, 0.2) is 54.6 Å². The van der Waals surface area contributed by atoms with E-state index in [0.717, 1.165) is 24.7 Å². The Labute approximate surface area is 194 Å². The van der Waals surface area contributed by atoms with Crippen molar-refractivity contribution in [2.24, 2.45) is 0 Å². The van der Waals surface area contributed by atoms with E-state index in [2.05, 4.69) is 10.0 Å². The van der Waals surface area contributed by atoms with Gasteiger partial charge in [0.2, 0.25) is 10.0 Å². The number of amides is 2. The van der Waals surface area contributed by atoms with Gasteiger partial charge >= 0.3 is 0 Å². The summed E-state index contributed by atoms with van der Waals surface area (Å²) in [5.41, 5.74) is 1.77. The smallest absolute Gasteiger partial charge is 0.263 e. The molecule has 0 aliphatic carbocycles. The van der Waals surface area contributed by atoms with Crippen LogP contribution in [0.1, 0.15) is 32.3 Å². The normalized spacial score (nSPS) is 15.8. The van der Waals surface area contributed by atoms with Crippen LogP contribution in [0.5, 0.6) is 5.75 Å². The van der Waals surface area contributed by atoms with E-state index in [1.54, 1.807) is 48.5 Å². The van der Waals surface area contributed by atoms with Crippen molar-refractivity contribution < 1.29 is 22.7 Å². The number of nitrogens with one attached hydrogen (secondary N) is 2. The van der Waals surface area contributed by atoms with Crippen LogP contribution >= 0.6 is 0 Å². The summed E-state index contributed by atoms with van der Waals surface area (Å²) in [6.07, 6.45) is 4.98. The first-order valence-electron chi connectivity index (χ1n) is 10.8. The van der Waals surface area contributed by atoms with Gasteiger partial charge in [0.15, 0.2) is 6.10 Å². The molecule has 0 spiro atoms. The standard InChI is InChI=1S/C24H29N3O5S/c1-4-18(5-2)25-24(29)22-16-27(20-8-6-7-9-21(20)32-22)23(28)15-12-17-10-13-19(14-11-17)26-33(3,30)31/h6-15,18,22,26H,4-5,16H2,1-3H3,(H,25,29)/b15-12+. The molecule has 0 saturated carbocycles. The number of ether oxygens (including phenoxy) is 1. The van der Waals surface area contributed by atoms with Crippen LogP contribution in [0, 0.1) is 0 Å². The van der Waals surface area contributed by atoms with Gasteiger partial charge in [0, 0.05) is 17.8 Å². The number of nitrogens with zero attached hydrogens (tertiary/aromatic N) is 1. The second-order valence-electron chi connectivity index (χ2n) is 7.87. The minimum atomic E-state index is -3.36. The second kappa shape index (κ2) is 10.5. The van der Waals surface area contributed by atoms with Gasteiger partial charge in [-0.05, 0) is 48.7 Å². The molecule has 0 fully saturated rings. The second-order valence-corrected chi connectivity index (χ2v) is 9.62. The number of para-hydroxylation sites is 2. The number of rotatable bonds is 8. The molecule has 8 nitrogen and oxygen atoms in total. The van der Waals surface area contributed by atoms with Gasteiger partial charge in [-0.25, -0.2) is 8.42 Å². The van der Waals surface area contributed by atoms with Gasteiger partial charge < -0.3 is 15.0 Å². The third kappa shape index (κ3) is 6.58. The molecule has 2 N–H and O–H groups in total. The van der Waals surface area contributed by atoms with Crippen molar-refractivity contribution in [3.8, 4) is 5.75 Å². The third-order valence-electron chi connectivity index (χ3n) is 5.30. The summed E-state index contributed by atoms with van der Waals surface area (Å²) >= 11 is 0. The Morgan fingerprint density at radius 3 is 2.42 bits per heavy atom. The molecule has 2 aromatic rings. The van der Waals surface area contributed by atoms with Crippen LogP contribution in [0.2, 0.25) is 0 Å². The molecule has 2 amide bonds. The lowest BCUT2D eigenvalue weighted by molar-refractivity contribution is -0.129. The molecule has 33 heavy (non-hydrogen) atoms. The number of fused-ring (bicyclic) bond motifs is 1. The fraction of sp³-hybridized carbons (Fsp3) is 0.333. The van der Waals surface area contributed by atoms with Crippen LogP contribution in [-0.2, 0) is 19.6 Å². The molecule has 2 aromatic carbocycles. The molecule has 1 heterocycles. The lowest BCUT2D eigenvalue weighted by Gasteiger charge is -2.34. The highest BCUT2D eigenvalue weighted by atomic mass is 32.2. The van der Waals surface area contributed by atoms with Crippen LogP contribution in [0.3, 0.4) is 0 Å². The minimum absolute atomic E-state index is 0.0578. The predicted octanol–water partition coefficient (Wildman–Crippen LogP) is 3.17. The number of hydrogen-bond donors (Lipinski definition) is 2. The average Bonchev–Trinajstić information content (AvgIpc) is 2.80. The maximum absolute atomic E-state index is 13.1. The number of hydrogen-bond acceptors (Lipinski definition) is 5. The highest BCUT2D eigenvalue weighted by Crippen LogP contribution is 2.33. The predicted molar refractivity (Wildman–Crippen MR) is 130 cm³/mol. The van der Waals surface area contributed by atoms with Crippen molar-refractivity contribution in [3.05, 3.63) is 60.2 Å². The number of sulfonamides is 1. The van der Waals surface area contributed by atoms with E-state index >= 15 is 0 Å². The molecule has 0 radical (unpaired) electrons. The van der Waals surface area contributed by atoms with Crippen molar-refractivity contribution >= 4 is 39.3 Å². The first-order valence-corrected chi connectivity index (χ1v) is 12.7. The zero-order valence-corrected chi connectivity index (χ0v) is 19.8. The Balaban J connectivity index is 1.76. The first-order chi connectivity index (χ1) is 15.7. The highest BCUT2D eigenvalue weighted by molar-refractivity contribution is 7.92. The molecule has 1 aliphatic rings. The van der Waals surface area contributed by atoms with E-state index < -0.39 is 16.1 Å².